The Morgan fingerprint density at radius 1 is 1.35 bits per heavy atom. The Morgan fingerprint density at radius 3 is 2.18 bits per heavy atom. The first-order valence-electron chi connectivity index (χ1n) is 5.05. The van der Waals surface area contributed by atoms with Crippen LogP contribution in [0.25, 0.3) is 0 Å². The van der Waals surface area contributed by atoms with Crippen molar-refractivity contribution in [2.75, 3.05) is 0 Å². The van der Waals surface area contributed by atoms with E-state index in [1.807, 2.05) is 18.9 Å². The molecule has 17 heavy (non-hydrogen) atoms. The first-order valence-corrected chi connectivity index (χ1v) is 5.97. The van der Waals surface area contributed by atoms with Gasteiger partial charge in [0.05, 0.1) is 10.5 Å². The first kappa shape index (κ1) is 16.1. The molecule has 0 amide bonds. The SMILES string of the molecule is CC.Cc1c(C(C)Br)n[nH]c(=O)c1C(F)(F)F. The molecule has 1 heterocycles. The van der Waals surface area contributed by atoms with Crippen LogP contribution in [0.5, 0.6) is 0 Å². The number of rotatable bonds is 1. The number of nitrogens with zero attached hydrogens (tertiary/aromatic N) is 1. The van der Waals surface area contributed by atoms with Gasteiger partial charge in [0, 0.05) is 0 Å². The average Bonchev–Trinajstić information content (AvgIpc) is 2.18. The van der Waals surface area contributed by atoms with Crippen LogP contribution in [0.15, 0.2) is 4.79 Å². The van der Waals surface area contributed by atoms with Crippen LogP contribution in [-0.4, -0.2) is 10.2 Å². The van der Waals surface area contributed by atoms with Crippen molar-refractivity contribution in [3.05, 3.63) is 27.2 Å². The van der Waals surface area contributed by atoms with Crippen molar-refractivity contribution in [3.8, 4) is 0 Å². The molecule has 0 aliphatic heterocycles. The molecule has 0 bridgehead atoms. The number of H-pyrrole nitrogens is 1. The van der Waals surface area contributed by atoms with Gasteiger partial charge in [0.15, 0.2) is 0 Å². The van der Waals surface area contributed by atoms with E-state index in [0.29, 0.717) is 0 Å². The minimum Gasteiger partial charge on any atom is -0.267 e. The highest BCUT2D eigenvalue weighted by Crippen LogP contribution is 2.32. The fourth-order valence-corrected chi connectivity index (χ4v) is 1.72. The van der Waals surface area contributed by atoms with Gasteiger partial charge in [0.1, 0.15) is 5.56 Å². The minimum atomic E-state index is -4.66. The molecule has 1 unspecified atom stereocenters. The molecule has 98 valence electrons. The molecule has 1 N–H and O–H groups in total. The molecule has 0 aromatic carbocycles. The zero-order valence-electron chi connectivity index (χ0n) is 9.94. The maximum atomic E-state index is 12.5. The highest BCUT2D eigenvalue weighted by atomic mass is 79.9. The fraction of sp³-hybridized carbons (Fsp3) is 0.600. The molecule has 0 spiro atoms. The Bertz CT molecular complexity index is 427. The Balaban J connectivity index is 0.00000121. The number of aromatic nitrogens is 2. The van der Waals surface area contributed by atoms with Gasteiger partial charge in [0.25, 0.3) is 5.56 Å². The summed E-state index contributed by atoms with van der Waals surface area (Å²) < 4.78 is 37.5. The van der Waals surface area contributed by atoms with Gasteiger partial charge in [-0.3, -0.25) is 4.79 Å². The summed E-state index contributed by atoms with van der Waals surface area (Å²) in [5, 5.41) is 5.41. The zero-order valence-corrected chi connectivity index (χ0v) is 11.5. The largest absolute Gasteiger partial charge is 0.422 e. The van der Waals surface area contributed by atoms with E-state index in [1.54, 1.807) is 6.92 Å². The van der Waals surface area contributed by atoms with Gasteiger partial charge >= 0.3 is 6.18 Å². The van der Waals surface area contributed by atoms with Gasteiger partial charge in [-0.25, -0.2) is 5.10 Å². The molecule has 1 aromatic heterocycles. The van der Waals surface area contributed by atoms with Crippen molar-refractivity contribution in [1.82, 2.24) is 10.2 Å². The standard InChI is InChI=1S/C8H8BrF3N2O.C2H6/c1-3-5(8(10,11)12)7(15)14-13-6(3)4(2)9;1-2/h4H,1-2H3,(H,14,15);1-2H3. The lowest BCUT2D eigenvalue weighted by molar-refractivity contribution is -0.139. The van der Waals surface area contributed by atoms with Crippen molar-refractivity contribution in [1.29, 1.82) is 0 Å². The second-order valence-corrected chi connectivity index (χ2v) is 4.43. The summed E-state index contributed by atoms with van der Waals surface area (Å²) >= 11 is 3.11. The summed E-state index contributed by atoms with van der Waals surface area (Å²) in [6.07, 6.45) is -4.66. The van der Waals surface area contributed by atoms with E-state index in [9.17, 15) is 18.0 Å². The van der Waals surface area contributed by atoms with E-state index in [4.69, 9.17) is 0 Å². The quantitative estimate of drug-likeness (QED) is 0.805. The van der Waals surface area contributed by atoms with Crippen LogP contribution in [0.2, 0.25) is 0 Å². The lowest BCUT2D eigenvalue weighted by atomic mass is 10.1. The monoisotopic (exact) mass is 314 g/mol. The molecular formula is C10H14BrF3N2O. The molecule has 3 nitrogen and oxygen atoms in total. The van der Waals surface area contributed by atoms with E-state index in [-0.39, 0.29) is 16.1 Å². The lowest BCUT2D eigenvalue weighted by Crippen LogP contribution is -2.26. The average molecular weight is 315 g/mol. The van der Waals surface area contributed by atoms with Gasteiger partial charge in [-0.15, -0.1) is 0 Å². The normalized spacial score (nSPS) is 12.7. The molecule has 1 atom stereocenters. The third-order valence-electron chi connectivity index (χ3n) is 1.92. The molecule has 1 rings (SSSR count). The molecule has 0 aliphatic carbocycles. The molecule has 7 heteroatoms. The van der Waals surface area contributed by atoms with Crippen molar-refractivity contribution in [3.63, 3.8) is 0 Å². The molecule has 0 fully saturated rings. The first-order chi connectivity index (χ1) is 7.75. The van der Waals surface area contributed by atoms with Crippen molar-refractivity contribution in [2.24, 2.45) is 0 Å². The maximum Gasteiger partial charge on any atom is 0.422 e. The predicted octanol–water partition coefficient (Wildman–Crippen LogP) is 3.58. The Labute approximate surface area is 106 Å². The third kappa shape index (κ3) is 3.83. The van der Waals surface area contributed by atoms with Crippen LogP contribution in [-0.2, 0) is 6.18 Å². The predicted molar refractivity (Wildman–Crippen MR) is 63.3 cm³/mol. The van der Waals surface area contributed by atoms with E-state index in [2.05, 4.69) is 21.0 Å². The maximum absolute atomic E-state index is 12.5. The number of halogens is 4. The van der Waals surface area contributed by atoms with Crippen LogP contribution in [0, 0.1) is 6.92 Å². The second kappa shape index (κ2) is 6.18. The van der Waals surface area contributed by atoms with Gasteiger partial charge < -0.3 is 0 Å². The topological polar surface area (TPSA) is 45.8 Å². The highest BCUT2D eigenvalue weighted by molar-refractivity contribution is 9.09. The Morgan fingerprint density at radius 2 is 1.82 bits per heavy atom. The summed E-state index contributed by atoms with van der Waals surface area (Å²) in [5.74, 6) is 0. The summed E-state index contributed by atoms with van der Waals surface area (Å²) in [7, 11) is 0. The Hall–Kier alpha value is -0.850. The van der Waals surface area contributed by atoms with Crippen LogP contribution < -0.4 is 5.56 Å². The van der Waals surface area contributed by atoms with Crippen LogP contribution >= 0.6 is 15.9 Å². The highest BCUT2D eigenvalue weighted by Gasteiger charge is 2.37. The van der Waals surface area contributed by atoms with Crippen LogP contribution in [0.1, 0.15) is 42.4 Å². The van der Waals surface area contributed by atoms with E-state index in [1.165, 1.54) is 6.92 Å². The smallest absolute Gasteiger partial charge is 0.267 e. The molecule has 0 aliphatic rings. The lowest BCUT2D eigenvalue weighted by Gasteiger charge is -2.12. The number of aromatic amines is 1. The third-order valence-corrected chi connectivity index (χ3v) is 2.36. The van der Waals surface area contributed by atoms with Gasteiger partial charge in [-0.1, -0.05) is 29.8 Å². The van der Waals surface area contributed by atoms with Gasteiger partial charge in [-0.05, 0) is 19.4 Å². The van der Waals surface area contributed by atoms with Crippen molar-refractivity contribution < 1.29 is 13.2 Å². The summed E-state index contributed by atoms with van der Waals surface area (Å²) in [4.78, 5) is 10.7. The Kier molecular flexibility index (Phi) is 5.87. The molecular weight excluding hydrogens is 301 g/mol. The van der Waals surface area contributed by atoms with E-state index in [0.717, 1.165) is 0 Å². The van der Waals surface area contributed by atoms with E-state index < -0.39 is 17.3 Å². The number of hydrogen-bond donors (Lipinski definition) is 1. The molecule has 0 radical (unpaired) electrons. The second-order valence-electron chi connectivity index (χ2n) is 3.05. The van der Waals surface area contributed by atoms with E-state index >= 15 is 0 Å². The number of alkyl halides is 4. The number of hydrogen-bond acceptors (Lipinski definition) is 2. The van der Waals surface area contributed by atoms with Gasteiger partial charge in [0.2, 0.25) is 0 Å². The summed E-state index contributed by atoms with van der Waals surface area (Å²) in [5.41, 5.74) is -2.35. The fourth-order valence-electron chi connectivity index (χ4n) is 1.28. The van der Waals surface area contributed by atoms with Crippen LogP contribution in [0.4, 0.5) is 13.2 Å². The van der Waals surface area contributed by atoms with Crippen molar-refractivity contribution in [2.45, 2.75) is 38.7 Å². The zero-order chi connectivity index (χ0) is 13.8. The summed E-state index contributed by atoms with van der Waals surface area (Å²) in [6.45, 7) is 6.87. The van der Waals surface area contributed by atoms with Crippen molar-refractivity contribution >= 4 is 15.9 Å². The number of nitrogens with one attached hydrogen (secondary N) is 1. The van der Waals surface area contributed by atoms with Gasteiger partial charge in [-0.2, -0.15) is 18.3 Å². The minimum absolute atomic E-state index is 0.143. The molecule has 0 saturated carbocycles. The molecule has 1 aromatic rings. The molecule has 0 saturated heterocycles. The van der Waals surface area contributed by atoms with Crippen LogP contribution in [0.3, 0.4) is 0 Å². The summed E-state index contributed by atoms with van der Waals surface area (Å²) in [6, 6.07) is 0.